The highest BCUT2D eigenvalue weighted by molar-refractivity contribution is 9.13. The highest BCUT2D eigenvalue weighted by Crippen LogP contribution is 2.35. The van der Waals surface area contributed by atoms with Gasteiger partial charge in [0.15, 0.2) is 0 Å². The second-order valence-corrected chi connectivity index (χ2v) is 8.02. The summed E-state index contributed by atoms with van der Waals surface area (Å²) >= 11 is 9.82. The summed E-state index contributed by atoms with van der Waals surface area (Å²) in [5.41, 5.74) is 0. The number of thiophene rings is 2. The minimum atomic E-state index is 0.0904. The number of carbonyl (C=O) groups is 1. The molecule has 1 aromatic carbocycles. The topological polar surface area (TPSA) is 17.1 Å². The second kappa shape index (κ2) is 4.89. The fourth-order valence-corrected chi connectivity index (χ4v) is 4.75. The monoisotopic (exact) mass is 400 g/mol. The summed E-state index contributed by atoms with van der Waals surface area (Å²) in [4.78, 5) is 13.9. The number of carbonyl (C=O) groups excluding carboxylic acids is 1. The molecule has 0 fully saturated rings. The largest absolute Gasteiger partial charge is 0.287 e. The Morgan fingerprint density at radius 3 is 2.39 bits per heavy atom. The van der Waals surface area contributed by atoms with Gasteiger partial charge in [-0.2, -0.15) is 0 Å². The van der Waals surface area contributed by atoms with Gasteiger partial charge in [0.25, 0.3) is 0 Å². The van der Waals surface area contributed by atoms with E-state index in [0.717, 1.165) is 28.1 Å². The van der Waals surface area contributed by atoms with Crippen molar-refractivity contribution in [2.45, 2.75) is 0 Å². The van der Waals surface area contributed by atoms with Crippen molar-refractivity contribution in [1.82, 2.24) is 0 Å². The van der Waals surface area contributed by atoms with E-state index in [1.54, 1.807) is 11.3 Å². The Morgan fingerprint density at radius 2 is 1.72 bits per heavy atom. The number of hydrogen-bond donors (Lipinski definition) is 0. The molecule has 2 aromatic heterocycles. The van der Waals surface area contributed by atoms with Crippen LogP contribution in [0, 0.1) is 0 Å². The quantitative estimate of drug-likeness (QED) is 0.502. The molecule has 0 aliphatic carbocycles. The third kappa shape index (κ3) is 2.20. The lowest BCUT2D eigenvalue weighted by atomic mass is 10.2. The summed E-state index contributed by atoms with van der Waals surface area (Å²) in [5, 5.41) is 1.13. The average Bonchev–Trinajstić information content (AvgIpc) is 2.93. The molecule has 0 amide bonds. The fourth-order valence-electron chi connectivity index (χ4n) is 1.67. The first kappa shape index (κ1) is 12.5. The highest BCUT2D eigenvalue weighted by Gasteiger charge is 2.16. The molecule has 0 N–H and O–H groups in total. The van der Waals surface area contributed by atoms with Gasteiger partial charge in [-0.3, -0.25) is 4.79 Å². The van der Waals surface area contributed by atoms with Crippen LogP contribution in [0.1, 0.15) is 14.5 Å². The molecule has 3 rings (SSSR count). The fraction of sp³-hybridized carbons (Fsp3) is 0. The molecule has 0 saturated carbocycles. The van der Waals surface area contributed by atoms with Gasteiger partial charge in [0.05, 0.1) is 13.5 Å². The van der Waals surface area contributed by atoms with Gasteiger partial charge >= 0.3 is 0 Å². The Labute approximate surface area is 129 Å². The molecule has 0 radical (unpaired) electrons. The first-order valence-electron chi connectivity index (χ1n) is 5.13. The van der Waals surface area contributed by atoms with Gasteiger partial charge in [-0.1, -0.05) is 18.2 Å². The Balaban J connectivity index is 2.06. The smallest absolute Gasteiger partial charge is 0.212 e. The van der Waals surface area contributed by atoms with E-state index in [-0.39, 0.29) is 5.78 Å². The van der Waals surface area contributed by atoms with Crippen LogP contribution in [-0.2, 0) is 0 Å². The zero-order valence-electron chi connectivity index (χ0n) is 8.94. The third-order valence-electron chi connectivity index (χ3n) is 2.52. The molecular weight excluding hydrogens is 396 g/mol. The van der Waals surface area contributed by atoms with Gasteiger partial charge in [0, 0.05) is 9.17 Å². The number of benzene rings is 1. The van der Waals surface area contributed by atoms with Crippen LogP contribution in [0.5, 0.6) is 0 Å². The summed E-state index contributed by atoms with van der Waals surface area (Å²) in [5.74, 6) is 0.0904. The van der Waals surface area contributed by atoms with Crippen molar-refractivity contribution in [1.29, 1.82) is 0 Å². The van der Waals surface area contributed by atoms with Crippen LogP contribution in [0.2, 0.25) is 0 Å². The van der Waals surface area contributed by atoms with E-state index < -0.39 is 0 Å². The van der Waals surface area contributed by atoms with Gasteiger partial charge in [-0.05, 0) is 55.4 Å². The van der Waals surface area contributed by atoms with Crippen molar-refractivity contribution in [3.05, 3.63) is 54.4 Å². The highest BCUT2D eigenvalue weighted by atomic mass is 79.9. The molecule has 18 heavy (non-hydrogen) atoms. The van der Waals surface area contributed by atoms with Crippen LogP contribution >= 0.6 is 54.5 Å². The van der Waals surface area contributed by atoms with Gasteiger partial charge in [0.2, 0.25) is 5.78 Å². The minimum Gasteiger partial charge on any atom is -0.287 e. The molecule has 0 saturated heterocycles. The lowest BCUT2D eigenvalue weighted by Gasteiger charge is -1.90. The first-order valence-corrected chi connectivity index (χ1v) is 8.35. The Bertz CT molecular complexity index is 690. The molecule has 0 unspecified atom stereocenters. The molecule has 90 valence electrons. The predicted octanol–water partition coefficient (Wildman–Crippen LogP) is 5.72. The second-order valence-electron chi connectivity index (χ2n) is 3.71. The molecule has 2 heterocycles. The molecule has 1 nitrogen and oxygen atoms in total. The van der Waals surface area contributed by atoms with Gasteiger partial charge < -0.3 is 0 Å². The van der Waals surface area contributed by atoms with Gasteiger partial charge in [0.1, 0.15) is 0 Å². The van der Waals surface area contributed by atoms with Crippen molar-refractivity contribution >= 4 is 70.4 Å². The van der Waals surface area contributed by atoms with Gasteiger partial charge in [-0.15, -0.1) is 22.7 Å². The van der Waals surface area contributed by atoms with Crippen molar-refractivity contribution in [2.24, 2.45) is 0 Å². The van der Waals surface area contributed by atoms with Crippen molar-refractivity contribution in [3.63, 3.8) is 0 Å². The van der Waals surface area contributed by atoms with Crippen LogP contribution in [0.15, 0.2) is 44.7 Å². The number of fused-ring (bicyclic) bond motifs is 1. The maximum absolute atomic E-state index is 12.4. The normalized spacial score (nSPS) is 11.0. The van der Waals surface area contributed by atoms with Crippen LogP contribution in [0.25, 0.3) is 10.1 Å². The molecule has 0 atom stereocenters. The average molecular weight is 402 g/mol. The maximum atomic E-state index is 12.4. The molecule has 0 bridgehead atoms. The SMILES string of the molecule is O=C(c1cc(Br)c(Br)s1)c1cc2ccccc2s1. The summed E-state index contributed by atoms with van der Waals surface area (Å²) in [6.07, 6.45) is 0. The molecule has 3 aromatic rings. The van der Waals surface area contributed by atoms with Crippen LogP contribution in [-0.4, -0.2) is 5.78 Å². The Morgan fingerprint density at radius 1 is 1.00 bits per heavy atom. The molecule has 0 spiro atoms. The van der Waals surface area contributed by atoms with Crippen LogP contribution < -0.4 is 0 Å². The van der Waals surface area contributed by atoms with E-state index >= 15 is 0 Å². The van der Waals surface area contributed by atoms with Crippen molar-refractivity contribution in [3.8, 4) is 0 Å². The number of halogens is 2. The number of ketones is 1. The van der Waals surface area contributed by atoms with Crippen LogP contribution in [0.4, 0.5) is 0 Å². The first-order chi connectivity index (χ1) is 8.65. The van der Waals surface area contributed by atoms with Crippen molar-refractivity contribution < 1.29 is 4.79 Å². The van der Waals surface area contributed by atoms with E-state index in [4.69, 9.17) is 0 Å². The third-order valence-corrected chi connectivity index (χ3v) is 6.89. The van der Waals surface area contributed by atoms with E-state index in [1.807, 2.05) is 36.4 Å². The van der Waals surface area contributed by atoms with E-state index in [2.05, 4.69) is 31.9 Å². The predicted molar refractivity (Wildman–Crippen MR) is 85.0 cm³/mol. The molecule has 0 aliphatic rings. The molecule has 0 aliphatic heterocycles. The van der Waals surface area contributed by atoms with E-state index in [0.29, 0.717) is 0 Å². The minimum absolute atomic E-state index is 0.0904. The zero-order chi connectivity index (χ0) is 12.7. The molecular formula is C13H6Br2OS2. The number of rotatable bonds is 2. The van der Waals surface area contributed by atoms with Gasteiger partial charge in [-0.25, -0.2) is 0 Å². The van der Waals surface area contributed by atoms with E-state index in [1.165, 1.54) is 11.3 Å². The Kier molecular flexibility index (Phi) is 3.40. The van der Waals surface area contributed by atoms with Crippen LogP contribution in [0.3, 0.4) is 0 Å². The standard InChI is InChI=1S/C13H6Br2OS2/c14-8-6-11(18-13(8)15)12(16)10-5-7-3-1-2-4-9(7)17-10/h1-6H. The summed E-state index contributed by atoms with van der Waals surface area (Å²) in [7, 11) is 0. The molecule has 5 heteroatoms. The summed E-state index contributed by atoms with van der Waals surface area (Å²) in [6, 6.07) is 11.9. The lowest BCUT2D eigenvalue weighted by Crippen LogP contribution is -1.93. The summed E-state index contributed by atoms with van der Waals surface area (Å²) < 4.78 is 3.03. The zero-order valence-corrected chi connectivity index (χ0v) is 13.7. The number of hydrogen-bond acceptors (Lipinski definition) is 3. The van der Waals surface area contributed by atoms with Crippen molar-refractivity contribution in [2.75, 3.05) is 0 Å². The maximum Gasteiger partial charge on any atom is 0.212 e. The Hall–Kier alpha value is -0.490. The lowest BCUT2D eigenvalue weighted by molar-refractivity contribution is 0.104. The summed E-state index contributed by atoms with van der Waals surface area (Å²) in [6.45, 7) is 0. The van der Waals surface area contributed by atoms with E-state index in [9.17, 15) is 4.79 Å².